The van der Waals surface area contributed by atoms with E-state index in [0.717, 1.165) is 31.5 Å². The Labute approximate surface area is 142 Å². The van der Waals surface area contributed by atoms with Gasteiger partial charge in [0.25, 0.3) is 0 Å². The third-order valence-corrected chi connectivity index (χ3v) is 4.22. The zero-order chi connectivity index (χ0) is 16.0. The Kier molecular flexibility index (Phi) is 8.37. The van der Waals surface area contributed by atoms with E-state index in [4.69, 9.17) is 0 Å². The van der Waals surface area contributed by atoms with E-state index in [2.05, 4.69) is 5.32 Å². The predicted molar refractivity (Wildman–Crippen MR) is 90.2 cm³/mol. The summed E-state index contributed by atoms with van der Waals surface area (Å²) in [6, 6.07) is 8.03. The van der Waals surface area contributed by atoms with Crippen LogP contribution in [0.1, 0.15) is 24.0 Å². The summed E-state index contributed by atoms with van der Waals surface area (Å²) in [5.74, 6) is 0.376. The molecule has 0 aliphatic carbocycles. The molecule has 2 nitrogen and oxygen atoms in total. The van der Waals surface area contributed by atoms with E-state index in [9.17, 15) is 13.2 Å². The number of aryl methyl sites for hydroxylation is 1. The number of nitrogens with zero attached hydrogens (tertiary/aromatic N) is 1. The number of benzene rings is 1. The van der Waals surface area contributed by atoms with E-state index in [1.165, 1.54) is 5.56 Å². The molecular formula is C17H26ClF3N2. The quantitative estimate of drug-likeness (QED) is 0.839. The molecule has 0 spiro atoms. The van der Waals surface area contributed by atoms with Gasteiger partial charge in [0.05, 0.1) is 6.54 Å². The van der Waals surface area contributed by atoms with Gasteiger partial charge in [0.2, 0.25) is 0 Å². The summed E-state index contributed by atoms with van der Waals surface area (Å²) in [5.41, 5.74) is 2.27. The first kappa shape index (κ1) is 20.3. The zero-order valence-corrected chi connectivity index (χ0v) is 14.3. The molecule has 0 amide bonds. The Hall–Kier alpha value is -0.780. The van der Waals surface area contributed by atoms with Crippen LogP contribution in [0.25, 0.3) is 0 Å². The molecule has 0 radical (unpaired) electrons. The fraction of sp³-hybridized carbons (Fsp3) is 0.647. The Bertz CT molecular complexity index is 442. The number of rotatable bonds is 6. The maximum atomic E-state index is 12.8. The fourth-order valence-corrected chi connectivity index (χ4v) is 2.96. The monoisotopic (exact) mass is 350 g/mol. The number of nitrogens with one attached hydrogen (secondary N) is 1. The van der Waals surface area contributed by atoms with Crippen LogP contribution in [0.4, 0.5) is 13.2 Å². The van der Waals surface area contributed by atoms with Crippen molar-refractivity contribution >= 4 is 12.4 Å². The van der Waals surface area contributed by atoms with Crippen LogP contribution in [-0.2, 0) is 6.42 Å². The van der Waals surface area contributed by atoms with Gasteiger partial charge in [-0.05, 0) is 50.8 Å². The first-order valence-corrected chi connectivity index (χ1v) is 7.98. The second-order valence-electron chi connectivity index (χ2n) is 6.28. The summed E-state index contributed by atoms with van der Waals surface area (Å²) in [4.78, 5) is 1.58. The molecule has 1 aromatic carbocycles. The van der Waals surface area contributed by atoms with Gasteiger partial charge < -0.3 is 5.32 Å². The SMILES string of the molecule is Cc1ccc(CCN(CC2CCNCC2)CC(F)(F)F)cc1.Cl. The van der Waals surface area contributed by atoms with Gasteiger partial charge in [-0.1, -0.05) is 29.8 Å². The van der Waals surface area contributed by atoms with Crippen LogP contribution in [0.3, 0.4) is 0 Å². The van der Waals surface area contributed by atoms with Gasteiger partial charge in [-0.3, -0.25) is 4.90 Å². The number of hydrogen-bond donors (Lipinski definition) is 1. The molecular weight excluding hydrogens is 325 g/mol. The van der Waals surface area contributed by atoms with Crippen molar-refractivity contribution in [1.82, 2.24) is 10.2 Å². The van der Waals surface area contributed by atoms with Crippen molar-refractivity contribution in [2.24, 2.45) is 5.92 Å². The molecule has 0 aromatic heterocycles. The number of halogens is 4. The van der Waals surface area contributed by atoms with Gasteiger partial charge in [0.15, 0.2) is 0 Å². The van der Waals surface area contributed by atoms with Gasteiger partial charge >= 0.3 is 6.18 Å². The van der Waals surface area contributed by atoms with E-state index in [-0.39, 0.29) is 12.4 Å². The van der Waals surface area contributed by atoms with E-state index in [1.54, 1.807) is 4.90 Å². The summed E-state index contributed by atoms with van der Waals surface area (Å²) >= 11 is 0. The number of hydrogen-bond acceptors (Lipinski definition) is 2. The minimum atomic E-state index is -4.12. The average molecular weight is 351 g/mol. The Morgan fingerprint density at radius 3 is 2.30 bits per heavy atom. The maximum Gasteiger partial charge on any atom is 0.401 e. The summed E-state index contributed by atoms with van der Waals surface area (Å²) < 4.78 is 38.4. The molecule has 0 atom stereocenters. The average Bonchev–Trinajstić information content (AvgIpc) is 2.46. The van der Waals surface area contributed by atoms with E-state index < -0.39 is 12.7 Å². The number of alkyl halides is 3. The normalized spacial score (nSPS) is 16.4. The highest BCUT2D eigenvalue weighted by molar-refractivity contribution is 5.85. The van der Waals surface area contributed by atoms with Gasteiger partial charge in [-0.25, -0.2) is 0 Å². The molecule has 23 heavy (non-hydrogen) atoms. The lowest BCUT2D eigenvalue weighted by Crippen LogP contribution is -2.41. The van der Waals surface area contributed by atoms with Crippen LogP contribution in [0.5, 0.6) is 0 Å². The molecule has 132 valence electrons. The summed E-state index contributed by atoms with van der Waals surface area (Å²) in [6.07, 6.45) is -1.51. The molecule has 0 unspecified atom stereocenters. The maximum absolute atomic E-state index is 12.8. The lowest BCUT2D eigenvalue weighted by Gasteiger charge is -2.30. The Morgan fingerprint density at radius 1 is 1.13 bits per heavy atom. The van der Waals surface area contributed by atoms with E-state index in [1.807, 2.05) is 31.2 Å². The lowest BCUT2D eigenvalue weighted by atomic mass is 9.97. The first-order valence-electron chi connectivity index (χ1n) is 7.98. The molecule has 1 fully saturated rings. The predicted octanol–water partition coefficient (Wildman–Crippen LogP) is 3.82. The van der Waals surface area contributed by atoms with Gasteiger partial charge in [-0.2, -0.15) is 13.2 Å². The summed E-state index contributed by atoms with van der Waals surface area (Å²) in [6.45, 7) is 4.06. The molecule has 0 saturated carbocycles. The van der Waals surface area contributed by atoms with E-state index >= 15 is 0 Å². The molecule has 1 aliphatic rings. The topological polar surface area (TPSA) is 15.3 Å². The minimum absolute atomic E-state index is 0. The number of piperidine rings is 1. The third-order valence-electron chi connectivity index (χ3n) is 4.22. The van der Waals surface area contributed by atoms with Crippen LogP contribution in [0.15, 0.2) is 24.3 Å². The Morgan fingerprint density at radius 2 is 1.74 bits per heavy atom. The molecule has 0 bridgehead atoms. The highest BCUT2D eigenvalue weighted by atomic mass is 35.5. The molecule has 1 aliphatic heterocycles. The van der Waals surface area contributed by atoms with Crippen molar-refractivity contribution in [3.8, 4) is 0 Å². The largest absolute Gasteiger partial charge is 0.401 e. The van der Waals surface area contributed by atoms with Crippen molar-refractivity contribution in [3.05, 3.63) is 35.4 Å². The van der Waals surface area contributed by atoms with Crippen molar-refractivity contribution in [2.45, 2.75) is 32.4 Å². The van der Waals surface area contributed by atoms with Gasteiger partial charge in [0, 0.05) is 13.1 Å². The summed E-state index contributed by atoms with van der Waals surface area (Å²) in [5, 5.41) is 3.26. The van der Waals surface area contributed by atoms with Crippen molar-refractivity contribution in [2.75, 3.05) is 32.7 Å². The second kappa shape index (κ2) is 9.50. The second-order valence-corrected chi connectivity index (χ2v) is 6.28. The van der Waals surface area contributed by atoms with Crippen LogP contribution in [-0.4, -0.2) is 43.8 Å². The summed E-state index contributed by atoms with van der Waals surface area (Å²) in [7, 11) is 0. The van der Waals surface area contributed by atoms with Crippen molar-refractivity contribution < 1.29 is 13.2 Å². The standard InChI is InChI=1S/C17H25F3N2.ClH/c1-14-2-4-15(5-3-14)8-11-22(13-17(18,19)20)12-16-6-9-21-10-7-16;/h2-5,16,21H,6-13H2,1H3;1H. The van der Waals surface area contributed by atoms with Crippen molar-refractivity contribution in [3.63, 3.8) is 0 Å². The fourth-order valence-electron chi connectivity index (χ4n) is 2.96. The van der Waals surface area contributed by atoms with Crippen LogP contribution >= 0.6 is 12.4 Å². The molecule has 1 saturated heterocycles. The first-order chi connectivity index (χ1) is 10.4. The van der Waals surface area contributed by atoms with Crippen molar-refractivity contribution in [1.29, 1.82) is 0 Å². The minimum Gasteiger partial charge on any atom is -0.317 e. The molecule has 2 rings (SSSR count). The highest BCUT2D eigenvalue weighted by Gasteiger charge is 2.31. The van der Waals surface area contributed by atoms with Gasteiger partial charge in [0.1, 0.15) is 0 Å². The molecule has 1 N–H and O–H groups in total. The third kappa shape index (κ3) is 8.04. The van der Waals surface area contributed by atoms with Crippen LogP contribution < -0.4 is 5.32 Å². The lowest BCUT2D eigenvalue weighted by molar-refractivity contribution is -0.147. The van der Waals surface area contributed by atoms with Crippen LogP contribution in [0.2, 0.25) is 0 Å². The zero-order valence-electron chi connectivity index (χ0n) is 13.5. The molecule has 6 heteroatoms. The molecule has 1 heterocycles. The van der Waals surface area contributed by atoms with E-state index in [0.29, 0.717) is 25.4 Å². The smallest absolute Gasteiger partial charge is 0.317 e. The molecule has 1 aromatic rings. The Balaban J connectivity index is 0.00000264. The van der Waals surface area contributed by atoms with Gasteiger partial charge in [-0.15, -0.1) is 12.4 Å². The van der Waals surface area contributed by atoms with Crippen LogP contribution in [0, 0.1) is 12.8 Å². The highest BCUT2D eigenvalue weighted by Crippen LogP contribution is 2.20.